The van der Waals surface area contributed by atoms with Crippen LogP contribution in [0, 0.1) is 0 Å². The zero-order valence-corrected chi connectivity index (χ0v) is 9.69. The van der Waals surface area contributed by atoms with E-state index in [0.29, 0.717) is 25.3 Å². The number of aliphatic hydroxyl groups is 1. The average Bonchev–Trinajstić information content (AvgIpc) is 2.35. The first-order chi connectivity index (χ1) is 8.27. The van der Waals surface area contributed by atoms with Gasteiger partial charge in [0.1, 0.15) is 5.75 Å². The Morgan fingerprint density at radius 3 is 2.88 bits per heavy atom. The summed E-state index contributed by atoms with van der Waals surface area (Å²) in [6.45, 7) is 0.871. The first-order valence-electron chi connectivity index (χ1n) is 5.56. The van der Waals surface area contributed by atoms with Crippen LogP contribution in [0.4, 0.5) is 0 Å². The van der Waals surface area contributed by atoms with Crippen LogP contribution in [0.1, 0.15) is 5.56 Å². The number of amides is 1. The van der Waals surface area contributed by atoms with Crippen molar-refractivity contribution in [2.75, 3.05) is 26.3 Å². The topological polar surface area (TPSA) is 84.6 Å². The van der Waals surface area contributed by atoms with Gasteiger partial charge >= 0.3 is 0 Å². The Kier molecular flexibility index (Phi) is 6.06. The quantitative estimate of drug-likeness (QED) is 0.607. The fourth-order valence-electron chi connectivity index (χ4n) is 1.38. The largest absolute Gasteiger partial charge is 0.483 e. The number of benzene rings is 1. The van der Waals surface area contributed by atoms with Gasteiger partial charge in [-0.05, 0) is 18.1 Å². The molecule has 0 radical (unpaired) electrons. The summed E-state index contributed by atoms with van der Waals surface area (Å²) in [6, 6.07) is 7.34. The summed E-state index contributed by atoms with van der Waals surface area (Å²) in [4.78, 5) is 11.3. The maximum atomic E-state index is 11.3. The third-order valence-corrected chi connectivity index (χ3v) is 2.18. The summed E-state index contributed by atoms with van der Waals surface area (Å²) in [5.41, 5.74) is 6.15. The molecule has 0 aromatic heterocycles. The van der Waals surface area contributed by atoms with Gasteiger partial charge in [0.2, 0.25) is 0 Å². The van der Waals surface area contributed by atoms with Crippen molar-refractivity contribution < 1.29 is 14.6 Å². The van der Waals surface area contributed by atoms with Crippen molar-refractivity contribution >= 4 is 5.91 Å². The smallest absolute Gasteiger partial charge is 0.257 e. The molecule has 94 valence electrons. The minimum absolute atomic E-state index is 0.0392. The summed E-state index contributed by atoms with van der Waals surface area (Å²) in [7, 11) is 0. The molecule has 0 saturated carbocycles. The average molecular weight is 238 g/mol. The summed E-state index contributed by atoms with van der Waals surface area (Å²) < 4.78 is 5.38. The molecule has 1 rings (SSSR count). The Morgan fingerprint density at radius 2 is 2.18 bits per heavy atom. The van der Waals surface area contributed by atoms with Gasteiger partial charge in [0.25, 0.3) is 5.91 Å². The lowest BCUT2D eigenvalue weighted by Gasteiger charge is -2.10. The third-order valence-electron chi connectivity index (χ3n) is 2.18. The molecular formula is C12H18N2O3. The number of rotatable bonds is 7. The highest BCUT2D eigenvalue weighted by molar-refractivity contribution is 5.77. The van der Waals surface area contributed by atoms with Crippen LogP contribution in [0.5, 0.6) is 5.75 Å². The van der Waals surface area contributed by atoms with Gasteiger partial charge in [-0.2, -0.15) is 0 Å². The van der Waals surface area contributed by atoms with Crippen molar-refractivity contribution in [2.45, 2.75) is 6.42 Å². The van der Waals surface area contributed by atoms with E-state index in [1.807, 2.05) is 18.2 Å². The molecule has 0 spiro atoms. The first-order valence-corrected chi connectivity index (χ1v) is 5.56. The van der Waals surface area contributed by atoms with Crippen LogP contribution in [0.2, 0.25) is 0 Å². The van der Waals surface area contributed by atoms with E-state index in [4.69, 9.17) is 15.6 Å². The zero-order valence-electron chi connectivity index (χ0n) is 9.69. The molecule has 5 heteroatoms. The van der Waals surface area contributed by atoms with E-state index in [1.165, 1.54) is 0 Å². The van der Waals surface area contributed by atoms with Crippen LogP contribution in [-0.4, -0.2) is 37.3 Å². The minimum atomic E-state index is -0.200. The van der Waals surface area contributed by atoms with Gasteiger partial charge in [-0.25, -0.2) is 0 Å². The van der Waals surface area contributed by atoms with Gasteiger partial charge < -0.3 is 20.9 Å². The fourth-order valence-corrected chi connectivity index (χ4v) is 1.38. The highest BCUT2D eigenvalue weighted by atomic mass is 16.5. The molecule has 4 N–H and O–H groups in total. The van der Waals surface area contributed by atoms with Crippen molar-refractivity contribution in [1.29, 1.82) is 0 Å². The van der Waals surface area contributed by atoms with Gasteiger partial charge in [0.15, 0.2) is 6.61 Å². The number of ether oxygens (including phenoxy) is 1. The SMILES string of the molecule is NCCNC(=O)COc1ccccc1CCO. The predicted octanol–water partition coefficient (Wildman–Crippen LogP) is -0.325. The van der Waals surface area contributed by atoms with E-state index < -0.39 is 0 Å². The molecular weight excluding hydrogens is 220 g/mol. The number of nitrogens with two attached hydrogens (primary N) is 1. The standard InChI is InChI=1S/C12H18N2O3/c13-6-7-14-12(16)9-17-11-4-2-1-3-10(11)5-8-15/h1-4,15H,5-9,13H2,(H,14,16). The van der Waals surface area contributed by atoms with E-state index in [2.05, 4.69) is 5.32 Å². The van der Waals surface area contributed by atoms with Crippen molar-refractivity contribution in [3.63, 3.8) is 0 Å². The van der Waals surface area contributed by atoms with Crippen LogP contribution in [-0.2, 0) is 11.2 Å². The Labute approximate surface area is 101 Å². The number of aliphatic hydroxyl groups excluding tert-OH is 1. The predicted molar refractivity (Wildman–Crippen MR) is 64.8 cm³/mol. The molecule has 0 aliphatic rings. The zero-order chi connectivity index (χ0) is 12.5. The van der Waals surface area contributed by atoms with Crippen LogP contribution in [0.15, 0.2) is 24.3 Å². The third kappa shape index (κ3) is 4.84. The van der Waals surface area contributed by atoms with Crippen LogP contribution in [0.25, 0.3) is 0 Å². The molecule has 0 bridgehead atoms. The van der Waals surface area contributed by atoms with E-state index in [0.717, 1.165) is 5.56 Å². The maximum Gasteiger partial charge on any atom is 0.257 e. The summed E-state index contributed by atoms with van der Waals surface area (Å²) >= 11 is 0. The molecule has 0 fully saturated rings. The Bertz CT molecular complexity index is 355. The van der Waals surface area contributed by atoms with Crippen molar-refractivity contribution in [2.24, 2.45) is 5.73 Å². The van der Waals surface area contributed by atoms with Gasteiger partial charge in [-0.1, -0.05) is 18.2 Å². The number of hydrogen-bond acceptors (Lipinski definition) is 4. The molecule has 0 heterocycles. The van der Waals surface area contributed by atoms with Gasteiger partial charge in [-0.3, -0.25) is 4.79 Å². The van der Waals surface area contributed by atoms with Crippen molar-refractivity contribution in [3.05, 3.63) is 29.8 Å². The molecule has 17 heavy (non-hydrogen) atoms. The van der Waals surface area contributed by atoms with Crippen LogP contribution in [0.3, 0.4) is 0 Å². The number of hydrogen-bond donors (Lipinski definition) is 3. The lowest BCUT2D eigenvalue weighted by molar-refractivity contribution is -0.123. The Morgan fingerprint density at radius 1 is 1.41 bits per heavy atom. The number of carbonyl (C=O) groups excluding carboxylic acids is 1. The minimum Gasteiger partial charge on any atom is -0.483 e. The van der Waals surface area contributed by atoms with E-state index in [1.54, 1.807) is 6.07 Å². The Hall–Kier alpha value is -1.59. The lowest BCUT2D eigenvalue weighted by atomic mass is 10.1. The van der Waals surface area contributed by atoms with Gasteiger partial charge in [-0.15, -0.1) is 0 Å². The summed E-state index contributed by atoms with van der Waals surface area (Å²) in [5.74, 6) is 0.429. The van der Waals surface area contributed by atoms with Crippen molar-refractivity contribution in [1.82, 2.24) is 5.32 Å². The molecule has 5 nitrogen and oxygen atoms in total. The number of carbonyl (C=O) groups is 1. The fraction of sp³-hybridized carbons (Fsp3) is 0.417. The van der Waals surface area contributed by atoms with Crippen molar-refractivity contribution in [3.8, 4) is 5.75 Å². The van der Waals surface area contributed by atoms with Crippen LogP contribution < -0.4 is 15.8 Å². The second kappa shape index (κ2) is 7.65. The van der Waals surface area contributed by atoms with Gasteiger partial charge in [0, 0.05) is 19.7 Å². The summed E-state index contributed by atoms with van der Waals surface area (Å²) in [6.07, 6.45) is 0.514. The molecule has 1 aromatic rings. The van der Waals surface area contributed by atoms with E-state index >= 15 is 0 Å². The second-order valence-electron chi connectivity index (χ2n) is 3.51. The van der Waals surface area contributed by atoms with E-state index in [-0.39, 0.29) is 19.1 Å². The highest BCUT2D eigenvalue weighted by Gasteiger charge is 2.05. The Balaban J connectivity index is 2.47. The first kappa shape index (κ1) is 13.5. The number of para-hydroxylation sites is 1. The second-order valence-corrected chi connectivity index (χ2v) is 3.51. The molecule has 0 aliphatic carbocycles. The van der Waals surface area contributed by atoms with Gasteiger partial charge in [0.05, 0.1) is 0 Å². The molecule has 0 saturated heterocycles. The maximum absolute atomic E-state index is 11.3. The normalized spacial score (nSPS) is 10.0. The molecule has 0 aliphatic heterocycles. The summed E-state index contributed by atoms with van der Waals surface area (Å²) in [5, 5.41) is 11.5. The molecule has 0 atom stereocenters. The molecule has 0 unspecified atom stereocenters. The van der Waals surface area contributed by atoms with E-state index in [9.17, 15) is 4.79 Å². The van der Waals surface area contributed by atoms with Crippen LogP contribution >= 0.6 is 0 Å². The number of nitrogens with one attached hydrogen (secondary N) is 1. The molecule has 1 aromatic carbocycles. The monoisotopic (exact) mass is 238 g/mol. The molecule has 1 amide bonds. The lowest BCUT2D eigenvalue weighted by Crippen LogP contribution is -2.33. The highest BCUT2D eigenvalue weighted by Crippen LogP contribution is 2.17.